The summed E-state index contributed by atoms with van der Waals surface area (Å²) in [6.07, 6.45) is 0. The molecular weight excluding hydrogens is 403 g/mol. The minimum absolute atomic E-state index is 0. The van der Waals surface area contributed by atoms with Gasteiger partial charge < -0.3 is 15.8 Å². The van der Waals surface area contributed by atoms with Crippen molar-refractivity contribution in [3.05, 3.63) is 34.9 Å². The van der Waals surface area contributed by atoms with E-state index in [2.05, 4.69) is 21.3 Å². The van der Waals surface area contributed by atoms with Crippen LogP contribution in [0, 0.1) is 0 Å². The van der Waals surface area contributed by atoms with Gasteiger partial charge in [-0.25, -0.2) is 0 Å². The summed E-state index contributed by atoms with van der Waals surface area (Å²) >= 11 is 6.11. The molecule has 0 aliphatic carbocycles. The van der Waals surface area contributed by atoms with E-state index in [9.17, 15) is 0 Å². The van der Waals surface area contributed by atoms with Gasteiger partial charge in [-0.1, -0.05) is 23.7 Å². The van der Waals surface area contributed by atoms with Crippen LogP contribution in [-0.2, 0) is 4.74 Å². The zero-order valence-corrected chi connectivity index (χ0v) is 15.2. The van der Waals surface area contributed by atoms with Crippen LogP contribution in [-0.4, -0.2) is 50.8 Å². The predicted molar refractivity (Wildman–Crippen MR) is 97.5 cm³/mol. The first-order valence-electron chi connectivity index (χ1n) is 6.74. The van der Waals surface area contributed by atoms with Crippen LogP contribution in [0.1, 0.15) is 11.6 Å². The summed E-state index contributed by atoms with van der Waals surface area (Å²) in [5.41, 5.74) is 6.91. The molecule has 2 rings (SSSR count). The SMILES string of the molecule is CN=C(N)NCC(c1cccc(Cl)c1)N1CCOCC1.I. The zero-order chi connectivity index (χ0) is 14.4. The molecule has 1 aliphatic heterocycles. The molecule has 3 N–H and O–H groups in total. The fourth-order valence-electron chi connectivity index (χ4n) is 2.34. The normalized spacial score (nSPS) is 17.9. The smallest absolute Gasteiger partial charge is 0.188 e. The second-order valence-electron chi connectivity index (χ2n) is 4.71. The second kappa shape index (κ2) is 9.45. The molecule has 118 valence electrons. The van der Waals surface area contributed by atoms with Gasteiger partial charge in [0, 0.05) is 31.7 Å². The third-order valence-electron chi connectivity index (χ3n) is 3.44. The first-order valence-corrected chi connectivity index (χ1v) is 7.12. The van der Waals surface area contributed by atoms with Gasteiger partial charge in [-0.3, -0.25) is 9.89 Å². The first kappa shape index (κ1) is 18.5. The van der Waals surface area contributed by atoms with Crippen molar-refractivity contribution < 1.29 is 4.74 Å². The van der Waals surface area contributed by atoms with E-state index in [4.69, 9.17) is 22.1 Å². The number of benzene rings is 1. The molecule has 1 fully saturated rings. The summed E-state index contributed by atoms with van der Waals surface area (Å²) in [6.45, 7) is 4.02. The number of nitrogens with two attached hydrogens (primary N) is 1. The first-order chi connectivity index (χ1) is 9.70. The lowest BCUT2D eigenvalue weighted by Crippen LogP contribution is -2.45. The van der Waals surface area contributed by atoms with Gasteiger partial charge in [-0.2, -0.15) is 0 Å². The zero-order valence-electron chi connectivity index (χ0n) is 12.1. The monoisotopic (exact) mass is 424 g/mol. The number of rotatable bonds is 4. The maximum atomic E-state index is 6.11. The maximum absolute atomic E-state index is 6.11. The number of aliphatic imine (C=N–C) groups is 1. The van der Waals surface area contributed by atoms with E-state index < -0.39 is 0 Å². The Bertz CT molecular complexity index is 466. The van der Waals surface area contributed by atoms with E-state index in [1.165, 1.54) is 5.56 Å². The van der Waals surface area contributed by atoms with Gasteiger partial charge in [0.2, 0.25) is 0 Å². The van der Waals surface area contributed by atoms with Crippen molar-refractivity contribution in [2.45, 2.75) is 6.04 Å². The molecule has 1 saturated heterocycles. The minimum atomic E-state index is 0. The molecule has 1 aromatic carbocycles. The standard InChI is InChI=1S/C14H21ClN4O.HI/c1-17-14(16)18-10-13(19-5-7-20-8-6-19)11-3-2-4-12(15)9-11;/h2-4,9,13H,5-8,10H2,1H3,(H3,16,17,18);1H. The summed E-state index contributed by atoms with van der Waals surface area (Å²) in [4.78, 5) is 6.31. The number of ether oxygens (including phenoxy) is 1. The minimum Gasteiger partial charge on any atom is -0.379 e. The van der Waals surface area contributed by atoms with Crippen LogP contribution in [0.3, 0.4) is 0 Å². The Balaban J connectivity index is 0.00000220. The molecule has 0 aromatic heterocycles. The van der Waals surface area contributed by atoms with E-state index in [0.29, 0.717) is 12.5 Å². The summed E-state index contributed by atoms with van der Waals surface area (Å²) in [7, 11) is 1.67. The van der Waals surface area contributed by atoms with Crippen molar-refractivity contribution in [1.82, 2.24) is 10.2 Å². The fourth-order valence-corrected chi connectivity index (χ4v) is 2.54. The van der Waals surface area contributed by atoms with E-state index in [-0.39, 0.29) is 30.0 Å². The third kappa shape index (κ3) is 5.61. The third-order valence-corrected chi connectivity index (χ3v) is 3.67. The lowest BCUT2D eigenvalue weighted by molar-refractivity contribution is 0.0170. The van der Waals surface area contributed by atoms with Crippen molar-refractivity contribution in [1.29, 1.82) is 0 Å². The molecule has 5 nitrogen and oxygen atoms in total. The number of hydrogen-bond donors (Lipinski definition) is 2. The van der Waals surface area contributed by atoms with Crippen LogP contribution < -0.4 is 11.1 Å². The summed E-state index contributed by atoms with van der Waals surface area (Å²) in [5.74, 6) is 0.449. The predicted octanol–water partition coefficient (Wildman–Crippen LogP) is 1.87. The molecule has 0 spiro atoms. The molecule has 7 heteroatoms. The largest absolute Gasteiger partial charge is 0.379 e. The highest BCUT2D eigenvalue weighted by atomic mass is 127. The molecular formula is C14H22ClIN4O. The molecule has 1 aromatic rings. The second-order valence-corrected chi connectivity index (χ2v) is 5.15. The highest BCUT2D eigenvalue weighted by Crippen LogP contribution is 2.23. The van der Waals surface area contributed by atoms with Gasteiger partial charge in [-0.15, -0.1) is 24.0 Å². The van der Waals surface area contributed by atoms with Gasteiger partial charge in [-0.05, 0) is 17.7 Å². The van der Waals surface area contributed by atoms with Crippen LogP contribution in [0.25, 0.3) is 0 Å². The lowest BCUT2D eigenvalue weighted by Gasteiger charge is -2.35. The Morgan fingerprint density at radius 1 is 1.48 bits per heavy atom. The Hall–Kier alpha value is -0.570. The van der Waals surface area contributed by atoms with Crippen molar-refractivity contribution in [3.63, 3.8) is 0 Å². The number of halogens is 2. The van der Waals surface area contributed by atoms with Crippen molar-refractivity contribution in [2.24, 2.45) is 10.7 Å². The van der Waals surface area contributed by atoms with Crippen LogP contribution in [0.5, 0.6) is 0 Å². The van der Waals surface area contributed by atoms with E-state index in [1.54, 1.807) is 7.05 Å². The Morgan fingerprint density at radius 3 is 2.81 bits per heavy atom. The fraction of sp³-hybridized carbons (Fsp3) is 0.500. The van der Waals surface area contributed by atoms with E-state index in [1.807, 2.05) is 18.2 Å². The average Bonchev–Trinajstić information content (AvgIpc) is 2.48. The number of nitrogens with zero attached hydrogens (tertiary/aromatic N) is 2. The highest BCUT2D eigenvalue weighted by Gasteiger charge is 2.22. The van der Waals surface area contributed by atoms with Crippen LogP contribution >= 0.6 is 35.6 Å². The maximum Gasteiger partial charge on any atom is 0.188 e. The number of hydrogen-bond acceptors (Lipinski definition) is 3. The highest BCUT2D eigenvalue weighted by molar-refractivity contribution is 14.0. The average molecular weight is 425 g/mol. The molecule has 0 saturated carbocycles. The van der Waals surface area contributed by atoms with Crippen LogP contribution in [0.2, 0.25) is 5.02 Å². The Labute approximate surface area is 147 Å². The Morgan fingerprint density at radius 2 is 2.19 bits per heavy atom. The van der Waals surface area contributed by atoms with Gasteiger partial charge in [0.1, 0.15) is 0 Å². The number of guanidine groups is 1. The lowest BCUT2D eigenvalue weighted by atomic mass is 10.0. The molecule has 0 amide bonds. The Kier molecular flexibility index (Phi) is 8.31. The summed E-state index contributed by atoms with van der Waals surface area (Å²) < 4.78 is 5.42. The molecule has 1 aliphatic rings. The van der Waals surface area contributed by atoms with Gasteiger partial charge in [0.15, 0.2) is 5.96 Å². The quantitative estimate of drug-likeness (QED) is 0.440. The molecule has 1 unspecified atom stereocenters. The number of nitrogens with one attached hydrogen (secondary N) is 1. The molecule has 0 bridgehead atoms. The van der Waals surface area contributed by atoms with Crippen molar-refractivity contribution in [3.8, 4) is 0 Å². The van der Waals surface area contributed by atoms with Crippen molar-refractivity contribution in [2.75, 3.05) is 39.9 Å². The van der Waals surface area contributed by atoms with Crippen molar-refractivity contribution >= 4 is 41.5 Å². The van der Waals surface area contributed by atoms with Crippen LogP contribution in [0.4, 0.5) is 0 Å². The topological polar surface area (TPSA) is 62.9 Å². The van der Waals surface area contributed by atoms with Crippen LogP contribution in [0.15, 0.2) is 29.3 Å². The van der Waals surface area contributed by atoms with Gasteiger partial charge in [0.05, 0.1) is 19.3 Å². The molecule has 0 radical (unpaired) electrons. The molecule has 1 heterocycles. The molecule has 1 atom stereocenters. The molecule has 21 heavy (non-hydrogen) atoms. The van der Waals surface area contributed by atoms with Gasteiger partial charge in [0.25, 0.3) is 0 Å². The van der Waals surface area contributed by atoms with E-state index >= 15 is 0 Å². The number of morpholine rings is 1. The van der Waals surface area contributed by atoms with E-state index in [0.717, 1.165) is 31.3 Å². The summed E-state index contributed by atoms with van der Waals surface area (Å²) in [5, 5.41) is 3.90. The van der Waals surface area contributed by atoms with Gasteiger partial charge >= 0.3 is 0 Å². The summed E-state index contributed by atoms with van der Waals surface area (Å²) in [6, 6.07) is 8.16.